The van der Waals surface area contributed by atoms with Crippen molar-refractivity contribution in [3.05, 3.63) is 78.4 Å². The zero-order valence-electron chi connectivity index (χ0n) is 22.9. The van der Waals surface area contributed by atoms with Gasteiger partial charge >= 0.3 is 0 Å². The van der Waals surface area contributed by atoms with Crippen LogP contribution in [0.2, 0.25) is 0 Å². The lowest BCUT2D eigenvalue weighted by atomic mass is 10.1. The monoisotopic (exact) mass is 513 g/mol. The van der Waals surface area contributed by atoms with E-state index in [2.05, 4.69) is 22.1 Å². The van der Waals surface area contributed by atoms with Crippen molar-refractivity contribution < 1.29 is 9.84 Å². The van der Waals surface area contributed by atoms with Gasteiger partial charge in [-0.25, -0.2) is 0 Å². The Morgan fingerprint density at radius 3 is 1.79 bits per heavy atom. The van der Waals surface area contributed by atoms with Gasteiger partial charge in [0.15, 0.2) is 0 Å². The average molecular weight is 514 g/mol. The van der Waals surface area contributed by atoms with E-state index in [1.54, 1.807) is 12.3 Å². The Morgan fingerprint density at radius 1 is 0.632 bits per heavy atom. The van der Waals surface area contributed by atoms with Crippen molar-refractivity contribution >= 4 is 23.3 Å². The Kier molecular flexibility index (Phi) is 13.7. The highest BCUT2D eigenvalue weighted by Crippen LogP contribution is 2.25. The fourth-order valence-corrected chi connectivity index (χ4v) is 4.22. The summed E-state index contributed by atoms with van der Waals surface area (Å²) in [6.07, 6.45) is 17.6. The second kappa shape index (κ2) is 17.9. The maximum atomic E-state index is 10.4. The van der Waals surface area contributed by atoms with Crippen LogP contribution in [-0.2, 0) is 0 Å². The van der Waals surface area contributed by atoms with Gasteiger partial charge in [0, 0.05) is 17.8 Å². The molecule has 0 aliphatic heterocycles. The van der Waals surface area contributed by atoms with Crippen LogP contribution < -0.4 is 4.74 Å². The van der Waals surface area contributed by atoms with E-state index in [1.165, 1.54) is 70.6 Å². The average Bonchev–Trinajstić information content (AvgIpc) is 2.95. The van der Waals surface area contributed by atoms with Crippen LogP contribution in [0.25, 0.3) is 0 Å². The number of rotatable bonds is 18. The van der Waals surface area contributed by atoms with Gasteiger partial charge in [-0.3, -0.25) is 4.99 Å². The number of azo groups is 1. The molecule has 5 nitrogen and oxygen atoms in total. The Balaban J connectivity index is 1.31. The molecule has 3 aromatic rings. The normalized spacial score (nSPS) is 11.5. The molecule has 0 unspecified atom stereocenters. The highest BCUT2D eigenvalue weighted by atomic mass is 16.5. The molecular formula is C33H43N3O2. The molecular weight excluding hydrogens is 470 g/mol. The first-order valence-electron chi connectivity index (χ1n) is 14.3. The number of hydrogen-bond donors (Lipinski definition) is 1. The summed E-state index contributed by atoms with van der Waals surface area (Å²) in [6.45, 7) is 2.95. The predicted molar refractivity (Wildman–Crippen MR) is 159 cm³/mol. The number of phenolic OH excluding ortho intramolecular Hbond substituents is 1. The second-order valence-electron chi connectivity index (χ2n) is 9.77. The minimum absolute atomic E-state index is 0.161. The minimum Gasteiger partial charge on any atom is -0.507 e. The van der Waals surface area contributed by atoms with Gasteiger partial charge in [0.1, 0.15) is 11.5 Å². The third-order valence-electron chi connectivity index (χ3n) is 6.51. The molecule has 0 heterocycles. The summed E-state index contributed by atoms with van der Waals surface area (Å²) in [4.78, 5) is 4.47. The summed E-state index contributed by atoms with van der Waals surface area (Å²) >= 11 is 0. The summed E-state index contributed by atoms with van der Waals surface area (Å²) in [6, 6.07) is 22.5. The minimum atomic E-state index is 0.161. The molecule has 0 saturated carbocycles. The molecule has 0 aromatic heterocycles. The van der Waals surface area contributed by atoms with E-state index in [4.69, 9.17) is 4.74 Å². The van der Waals surface area contributed by atoms with Crippen LogP contribution in [0.1, 0.15) is 89.5 Å². The molecule has 0 atom stereocenters. The van der Waals surface area contributed by atoms with Gasteiger partial charge < -0.3 is 9.84 Å². The molecule has 202 valence electrons. The Labute approximate surface area is 228 Å². The highest BCUT2D eigenvalue weighted by molar-refractivity contribution is 5.85. The molecule has 0 spiro atoms. The van der Waals surface area contributed by atoms with Crippen LogP contribution in [0.5, 0.6) is 11.5 Å². The van der Waals surface area contributed by atoms with E-state index in [9.17, 15) is 5.11 Å². The Morgan fingerprint density at radius 2 is 1.18 bits per heavy atom. The molecule has 5 heteroatoms. The fraction of sp³-hybridized carbons (Fsp3) is 0.424. The number of nitrogens with zero attached hydrogens (tertiary/aromatic N) is 3. The summed E-state index contributed by atoms with van der Waals surface area (Å²) in [5.41, 5.74) is 2.99. The quantitative estimate of drug-likeness (QED) is 0.104. The summed E-state index contributed by atoms with van der Waals surface area (Å²) in [5.74, 6) is 0.852. The molecule has 3 rings (SSSR count). The molecule has 0 radical (unpaired) electrons. The van der Waals surface area contributed by atoms with Gasteiger partial charge in [0.2, 0.25) is 0 Å². The molecule has 0 fully saturated rings. The molecule has 0 amide bonds. The maximum absolute atomic E-state index is 10.4. The number of phenols is 1. The van der Waals surface area contributed by atoms with Crippen LogP contribution in [0.15, 0.2) is 88.0 Å². The fourth-order valence-electron chi connectivity index (χ4n) is 4.22. The van der Waals surface area contributed by atoms with Crippen LogP contribution in [0.4, 0.5) is 17.1 Å². The summed E-state index contributed by atoms with van der Waals surface area (Å²) < 4.78 is 5.84. The van der Waals surface area contributed by atoms with Crippen molar-refractivity contribution in [1.29, 1.82) is 0 Å². The second-order valence-corrected chi connectivity index (χ2v) is 9.77. The van der Waals surface area contributed by atoms with E-state index < -0.39 is 0 Å². The van der Waals surface area contributed by atoms with Crippen LogP contribution >= 0.6 is 0 Å². The van der Waals surface area contributed by atoms with Crippen molar-refractivity contribution in [2.75, 3.05) is 6.61 Å². The molecule has 0 bridgehead atoms. The predicted octanol–water partition coefficient (Wildman–Crippen LogP) is 10.6. The Hall–Kier alpha value is -3.47. The lowest BCUT2D eigenvalue weighted by molar-refractivity contribution is 0.302. The van der Waals surface area contributed by atoms with Crippen LogP contribution in [-0.4, -0.2) is 17.9 Å². The largest absolute Gasteiger partial charge is 0.507 e. The first kappa shape index (κ1) is 29.1. The van der Waals surface area contributed by atoms with Gasteiger partial charge in [-0.2, -0.15) is 10.2 Å². The van der Waals surface area contributed by atoms with E-state index >= 15 is 0 Å². The van der Waals surface area contributed by atoms with E-state index in [-0.39, 0.29) is 5.75 Å². The molecule has 38 heavy (non-hydrogen) atoms. The topological polar surface area (TPSA) is 66.5 Å². The van der Waals surface area contributed by atoms with Gasteiger partial charge in [0.25, 0.3) is 0 Å². The Bertz CT molecular complexity index is 1090. The maximum Gasteiger partial charge on any atom is 0.128 e. The zero-order valence-corrected chi connectivity index (χ0v) is 22.9. The molecule has 0 aliphatic rings. The number of benzene rings is 3. The number of unbranched alkanes of at least 4 members (excludes halogenated alkanes) is 11. The van der Waals surface area contributed by atoms with Gasteiger partial charge in [-0.1, -0.05) is 95.8 Å². The zero-order chi connectivity index (χ0) is 26.7. The van der Waals surface area contributed by atoms with E-state index in [0.29, 0.717) is 17.9 Å². The van der Waals surface area contributed by atoms with Crippen molar-refractivity contribution in [3.8, 4) is 11.5 Å². The molecule has 1 N–H and O–H groups in total. The van der Waals surface area contributed by atoms with E-state index in [1.807, 2.05) is 66.7 Å². The van der Waals surface area contributed by atoms with Crippen molar-refractivity contribution in [2.45, 2.75) is 84.0 Å². The van der Waals surface area contributed by atoms with E-state index in [0.717, 1.165) is 23.5 Å². The van der Waals surface area contributed by atoms with Crippen LogP contribution in [0, 0.1) is 0 Å². The van der Waals surface area contributed by atoms with Gasteiger partial charge in [-0.05, 0) is 55.0 Å². The third kappa shape index (κ3) is 11.7. The lowest BCUT2D eigenvalue weighted by Gasteiger charge is -2.08. The summed E-state index contributed by atoms with van der Waals surface area (Å²) in [5, 5.41) is 18.9. The summed E-state index contributed by atoms with van der Waals surface area (Å²) in [7, 11) is 0. The molecule has 3 aromatic carbocycles. The van der Waals surface area contributed by atoms with Crippen molar-refractivity contribution in [1.82, 2.24) is 0 Å². The number of ether oxygens (including phenoxy) is 1. The first-order chi connectivity index (χ1) is 18.7. The van der Waals surface area contributed by atoms with Gasteiger partial charge in [0.05, 0.1) is 23.7 Å². The van der Waals surface area contributed by atoms with Gasteiger partial charge in [-0.15, -0.1) is 0 Å². The number of hydrogen-bond acceptors (Lipinski definition) is 5. The highest BCUT2D eigenvalue weighted by Gasteiger charge is 2.02. The van der Waals surface area contributed by atoms with Crippen molar-refractivity contribution in [2.24, 2.45) is 15.2 Å². The smallest absolute Gasteiger partial charge is 0.128 e. The molecule has 0 saturated heterocycles. The standard InChI is InChI=1S/C33H43N3O2/c1-2-3-4-5-6-7-8-9-10-11-12-16-25-38-32-24-19-28(33(37)26-32)27-34-29-20-22-31(23-21-29)36-35-30-17-14-13-15-18-30/h13-15,17-24,26-27,37H,2-12,16,25H2,1H3. The SMILES string of the molecule is CCCCCCCCCCCCCCOc1ccc(C=Nc2ccc(N=Nc3ccccc3)cc2)c(O)c1. The molecule has 0 aliphatic carbocycles. The van der Waals surface area contributed by atoms with Crippen LogP contribution in [0.3, 0.4) is 0 Å². The lowest BCUT2D eigenvalue weighted by Crippen LogP contribution is -1.97. The third-order valence-corrected chi connectivity index (χ3v) is 6.51. The van der Waals surface area contributed by atoms with Crippen molar-refractivity contribution in [3.63, 3.8) is 0 Å². The number of aromatic hydroxyl groups is 1. The first-order valence-corrected chi connectivity index (χ1v) is 14.3. The number of aliphatic imine (C=N–C) groups is 1.